The molecule has 0 saturated carbocycles. The number of fused-ring (bicyclic) bond motifs is 2. The fraction of sp³-hybridized carbons (Fsp3) is 0.421. The summed E-state index contributed by atoms with van der Waals surface area (Å²) in [6, 6.07) is 7.92. The van der Waals surface area contributed by atoms with Gasteiger partial charge in [-0.05, 0) is 37.8 Å². The van der Waals surface area contributed by atoms with Crippen molar-refractivity contribution in [1.29, 1.82) is 0 Å². The number of carbonyl (C=O) groups excluding carboxylic acids is 2. The number of hydrogen-bond donors (Lipinski definition) is 1. The van der Waals surface area contributed by atoms with Crippen LogP contribution in [-0.2, 0) is 21.4 Å². The number of rotatable bonds is 3. The van der Waals surface area contributed by atoms with E-state index in [2.05, 4.69) is 10.3 Å². The molecule has 1 aromatic heterocycles. The van der Waals surface area contributed by atoms with Gasteiger partial charge in [0.2, 0.25) is 11.8 Å². The summed E-state index contributed by atoms with van der Waals surface area (Å²) < 4.78 is 0. The van der Waals surface area contributed by atoms with Gasteiger partial charge in [-0.25, -0.2) is 4.98 Å². The zero-order chi connectivity index (χ0) is 17.4. The Labute approximate surface area is 151 Å². The number of para-hydroxylation sites is 1. The van der Waals surface area contributed by atoms with Crippen molar-refractivity contribution in [2.24, 2.45) is 0 Å². The molecule has 2 amide bonds. The number of likely N-dealkylation sites (tertiary alicyclic amines) is 1. The molecule has 2 aliphatic heterocycles. The number of aryl methyl sites for hydroxylation is 2. The number of hydrogen-bond acceptors (Lipinski definition) is 4. The zero-order valence-corrected chi connectivity index (χ0v) is 15.1. The Morgan fingerprint density at radius 1 is 1.32 bits per heavy atom. The third kappa shape index (κ3) is 2.74. The van der Waals surface area contributed by atoms with E-state index in [4.69, 9.17) is 0 Å². The Hall–Kier alpha value is -2.21. The Kier molecular flexibility index (Phi) is 4.07. The number of anilines is 1. The first-order chi connectivity index (χ1) is 12.1. The molecule has 3 heterocycles. The number of carbonyl (C=O) groups is 2. The molecule has 1 fully saturated rings. The third-order valence-electron chi connectivity index (χ3n) is 5.51. The number of piperidine rings is 1. The summed E-state index contributed by atoms with van der Waals surface area (Å²) in [6.07, 6.45) is 2.65. The monoisotopic (exact) mass is 355 g/mol. The van der Waals surface area contributed by atoms with Crippen molar-refractivity contribution in [3.05, 3.63) is 45.9 Å². The first kappa shape index (κ1) is 16.3. The van der Waals surface area contributed by atoms with Crippen LogP contribution >= 0.6 is 11.3 Å². The van der Waals surface area contributed by atoms with Crippen LogP contribution in [0.1, 0.15) is 35.4 Å². The minimum atomic E-state index is -0.457. The van der Waals surface area contributed by atoms with Crippen molar-refractivity contribution in [2.45, 2.75) is 38.0 Å². The van der Waals surface area contributed by atoms with Crippen LogP contribution in [0.3, 0.4) is 0 Å². The molecule has 2 aromatic rings. The molecule has 0 aliphatic carbocycles. The van der Waals surface area contributed by atoms with Crippen molar-refractivity contribution in [3.8, 4) is 0 Å². The zero-order valence-electron chi connectivity index (χ0n) is 14.2. The van der Waals surface area contributed by atoms with Crippen molar-refractivity contribution in [3.63, 3.8) is 0 Å². The van der Waals surface area contributed by atoms with Crippen LogP contribution in [0.4, 0.5) is 5.69 Å². The smallest absolute Gasteiger partial charge is 0.235 e. The lowest BCUT2D eigenvalue weighted by molar-refractivity contribution is -0.135. The van der Waals surface area contributed by atoms with E-state index in [-0.39, 0.29) is 11.8 Å². The van der Waals surface area contributed by atoms with E-state index >= 15 is 0 Å². The highest BCUT2D eigenvalue weighted by atomic mass is 32.1. The van der Waals surface area contributed by atoms with Gasteiger partial charge < -0.3 is 10.2 Å². The van der Waals surface area contributed by atoms with Gasteiger partial charge in [0, 0.05) is 30.1 Å². The lowest BCUT2D eigenvalue weighted by Gasteiger charge is -2.38. The molecule has 0 radical (unpaired) electrons. The average Bonchev–Trinajstić information content (AvgIpc) is 3.15. The number of thiazole rings is 1. The maximum Gasteiger partial charge on any atom is 0.235 e. The molecule has 130 valence electrons. The molecule has 5 nitrogen and oxygen atoms in total. The quantitative estimate of drug-likeness (QED) is 0.921. The third-order valence-corrected chi connectivity index (χ3v) is 6.50. The van der Waals surface area contributed by atoms with E-state index in [1.807, 2.05) is 41.6 Å². The van der Waals surface area contributed by atoms with Crippen LogP contribution in [0.2, 0.25) is 0 Å². The lowest BCUT2D eigenvalue weighted by atomic mass is 9.73. The molecule has 1 spiro atoms. The first-order valence-corrected chi connectivity index (χ1v) is 9.56. The molecule has 1 saturated heterocycles. The Bertz CT molecular complexity index is 822. The second-order valence-electron chi connectivity index (χ2n) is 6.82. The van der Waals surface area contributed by atoms with Crippen molar-refractivity contribution in [1.82, 2.24) is 9.88 Å². The summed E-state index contributed by atoms with van der Waals surface area (Å²) in [5.74, 6) is 0.260. The van der Waals surface area contributed by atoms with Gasteiger partial charge in [0.05, 0.1) is 16.6 Å². The Morgan fingerprint density at radius 2 is 2.08 bits per heavy atom. The fourth-order valence-corrected chi connectivity index (χ4v) is 4.73. The van der Waals surface area contributed by atoms with Crippen LogP contribution in [0, 0.1) is 6.92 Å². The first-order valence-electron chi connectivity index (χ1n) is 8.68. The Morgan fingerprint density at radius 3 is 2.80 bits per heavy atom. The SMILES string of the molecule is Cc1ncsc1CCC(=O)N1CCC2(CC1)C(=O)Nc1ccccc12. The molecule has 0 unspecified atom stereocenters. The second kappa shape index (κ2) is 6.26. The number of amides is 2. The van der Waals surface area contributed by atoms with Gasteiger partial charge in [0.25, 0.3) is 0 Å². The van der Waals surface area contributed by atoms with Gasteiger partial charge in [-0.2, -0.15) is 0 Å². The largest absolute Gasteiger partial charge is 0.343 e. The molecular weight excluding hydrogens is 334 g/mol. The predicted molar refractivity (Wildman–Crippen MR) is 97.7 cm³/mol. The van der Waals surface area contributed by atoms with Gasteiger partial charge >= 0.3 is 0 Å². The van der Waals surface area contributed by atoms with E-state index in [0.717, 1.165) is 23.4 Å². The average molecular weight is 355 g/mol. The highest BCUT2D eigenvalue weighted by Gasteiger charge is 2.48. The van der Waals surface area contributed by atoms with Crippen LogP contribution < -0.4 is 5.32 Å². The topological polar surface area (TPSA) is 62.3 Å². The normalized spacial score (nSPS) is 18.3. The van der Waals surface area contributed by atoms with Gasteiger partial charge in [0.1, 0.15) is 0 Å². The van der Waals surface area contributed by atoms with E-state index in [1.54, 1.807) is 11.3 Å². The minimum Gasteiger partial charge on any atom is -0.343 e. The molecule has 1 N–H and O–H groups in total. The van der Waals surface area contributed by atoms with Crippen molar-refractivity contribution in [2.75, 3.05) is 18.4 Å². The molecule has 0 bridgehead atoms. The van der Waals surface area contributed by atoms with Gasteiger partial charge in [-0.3, -0.25) is 9.59 Å². The van der Waals surface area contributed by atoms with E-state index in [9.17, 15) is 9.59 Å². The highest BCUT2D eigenvalue weighted by molar-refractivity contribution is 7.09. The maximum atomic E-state index is 12.6. The van der Waals surface area contributed by atoms with E-state index in [0.29, 0.717) is 32.4 Å². The molecule has 4 rings (SSSR count). The lowest BCUT2D eigenvalue weighted by Crippen LogP contribution is -2.48. The minimum absolute atomic E-state index is 0.0843. The number of benzene rings is 1. The summed E-state index contributed by atoms with van der Waals surface area (Å²) in [7, 11) is 0. The summed E-state index contributed by atoms with van der Waals surface area (Å²) >= 11 is 1.61. The second-order valence-corrected chi connectivity index (χ2v) is 7.76. The van der Waals surface area contributed by atoms with Crippen molar-refractivity contribution < 1.29 is 9.59 Å². The van der Waals surface area contributed by atoms with E-state index in [1.165, 1.54) is 4.88 Å². The summed E-state index contributed by atoms with van der Waals surface area (Å²) in [6.45, 7) is 3.27. The molecule has 1 aromatic carbocycles. The molecule has 2 aliphatic rings. The number of aromatic nitrogens is 1. The summed E-state index contributed by atoms with van der Waals surface area (Å²) in [4.78, 5) is 32.5. The van der Waals surface area contributed by atoms with Crippen LogP contribution in [0.25, 0.3) is 0 Å². The van der Waals surface area contributed by atoms with Gasteiger partial charge in [-0.1, -0.05) is 18.2 Å². The number of nitrogens with one attached hydrogen (secondary N) is 1. The molecular formula is C19H21N3O2S. The molecule has 25 heavy (non-hydrogen) atoms. The standard InChI is InChI=1S/C19H21N3O2S/c1-13-16(25-12-20-13)6-7-17(23)22-10-8-19(9-11-22)14-4-2-3-5-15(14)21-18(19)24/h2-5,12H,6-11H2,1H3,(H,21,24). The summed E-state index contributed by atoms with van der Waals surface area (Å²) in [5.41, 5.74) is 4.41. The van der Waals surface area contributed by atoms with Gasteiger partial charge in [-0.15, -0.1) is 11.3 Å². The fourth-order valence-electron chi connectivity index (χ4n) is 3.95. The van der Waals surface area contributed by atoms with Crippen LogP contribution in [0.15, 0.2) is 29.8 Å². The maximum absolute atomic E-state index is 12.6. The molecule has 0 atom stereocenters. The van der Waals surface area contributed by atoms with Crippen molar-refractivity contribution >= 4 is 28.8 Å². The highest BCUT2D eigenvalue weighted by Crippen LogP contribution is 2.44. The Balaban J connectivity index is 1.41. The van der Waals surface area contributed by atoms with Crippen LogP contribution in [0.5, 0.6) is 0 Å². The van der Waals surface area contributed by atoms with E-state index < -0.39 is 5.41 Å². The summed E-state index contributed by atoms with van der Waals surface area (Å²) in [5, 5.41) is 3.00. The van der Waals surface area contributed by atoms with Gasteiger partial charge in [0.15, 0.2) is 0 Å². The number of nitrogens with zero attached hydrogens (tertiary/aromatic N) is 2. The molecule has 6 heteroatoms. The predicted octanol–water partition coefficient (Wildman–Crippen LogP) is 2.90. The van der Waals surface area contributed by atoms with Crippen LogP contribution in [-0.4, -0.2) is 34.8 Å².